The lowest BCUT2D eigenvalue weighted by atomic mass is 10.1. The zero-order valence-electron chi connectivity index (χ0n) is 9.82. The lowest BCUT2D eigenvalue weighted by Crippen LogP contribution is -1.94. The van der Waals surface area contributed by atoms with E-state index in [9.17, 15) is 0 Å². The van der Waals surface area contributed by atoms with Crippen LogP contribution in [0.5, 0.6) is 5.75 Å². The average molecular weight is 227 g/mol. The first-order valence-corrected chi connectivity index (χ1v) is 5.43. The van der Waals surface area contributed by atoms with Gasteiger partial charge >= 0.3 is 0 Å². The molecule has 1 N–H and O–H groups in total. The molecular formula is C13H13N3O. The molecule has 0 spiro atoms. The fourth-order valence-corrected chi connectivity index (χ4v) is 1.66. The second-order valence-electron chi connectivity index (χ2n) is 3.67. The van der Waals surface area contributed by atoms with Gasteiger partial charge in [0.15, 0.2) is 0 Å². The van der Waals surface area contributed by atoms with Gasteiger partial charge in [-0.1, -0.05) is 0 Å². The molecule has 0 saturated heterocycles. The number of hydrogen-bond donors (Lipinski definition) is 1. The third-order valence-electron chi connectivity index (χ3n) is 2.47. The van der Waals surface area contributed by atoms with Crippen LogP contribution in [0.4, 0.5) is 0 Å². The van der Waals surface area contributed by atoms with Crippen molar-refractivity contribution >= 4 is 0 Å². The van der Waals surface area contributed by atoms with Gasteiger partial charge in [0, 0.05) is 5.56 Å². The molecule has 1 heterocycles. The molecule has 0 saturated carbocycles. The predicted molar refractivity (Wildman–Crippen MR) is 64.6 cm³/mol. The Morgan fingerprint density at radius 3 is 2.88 bits per heavy atom. The predicted octanol–water partition coefficient (Wildman–Crippen LogP) is 2.66. The number of nitriles is 1. The SMILES string of the molecule is CCOc1ccc(-c2cnc(C#N)[nH]2)cc1C. The lowest BCUT2D eigenvalue weighted by molar-refractivity contribution is 0.338. The Bertz CT molecular complexity index is 566. The van der Waals surface area contributed by atoms with E-state index in [1.165, 1.54) is 0 Å². The van der Waals surface area contributed by atoms with Crippen LogP contribution in [-0.2, 0) is 0 Å². The van der Waals surface area contributed by atoms with Crippen molar-refractivity contribution < 1.29 is 4.74 Å². The minimum absolute atomic E-state index is 0.325. The molecule has 17 heavy (non-hydrogen) atoms. The summed E-state index contributed by atoms with van der Waals surface area (Å²) in [6.07, 6.45) is 1.66. The molecule has 2 rings (SSSR count). The Hall–Kier alpha value is -2.28. The molecule has 0 aliphatic carbocycles. The second-order valence-corrected chi connectivity index (χ2v) is 3.67. The lowest BCUT2D eigenvalue weighted by Gasteiger charge is -2.07. The quantitative estimate of drug-likeness (QED) is 0.876. The summed E-state index contributed by atoms with van der Waals surface area (Å²) in [5, 5.41) is 8.70. The largest absolute Gasteiger partial charge is 0.494 e. The molecule has 0 radical (unpaired) electrons. The normalized spacial score (nSPS) is 9.94. The maximum Gasteiger partial charge on any atom is 0.210 e. The van der Waals surface area contributed by atoms with Crippen molar-refractivity contribution in [1.82, 2.24) is 9.97 Å². The van der Waals surface area contributed by atoms with Crippen LogP contribution >= 0.6 is 0 Å². The third kappa shape index (κ3) is 2.28. The van der Waals surface area contributed by atoms with E-state index < -0.39 is 0 Å². The highest BCUT2D eigenvalue weighted by Gasteiger charge is 2.05. The smallest absolute Gasteiger partial charge is 0.210 e. The van der Waals surface area contributed by atoms with Crippen LogP contribution < -0.4 is 4.74 Å². The molecule has 4 heteroatoms. The number of rotatable bonds is 3. The van der Waals surface area contributed by atoms with Gasteiger partial charge in [0.25, 0.3) is 0 Å². The summed E-state index contributed by atoms with van der Waals surface area (Å²) in [5.41, 5.74) is 2.91. The van der Waals surface area contributed by atoms with Gasteiger partial charge in [0.05, 0.1) is 18.5 Å². The number of nitrogens with zero attached hydrogens (tertiary/aromatic N) is 2. The van der Waals surface area contributed by atoms with Crippen molar-refractivity contribution in [2.45, 2.75) is 13.8 Å². The van der Waals surface area contributed by atoms with Gasteiger partial charge in [0.1, 0.15) is 11.8 Å². The van der Waals surface area contributed by atoms with Crippen molar-refractivity contribution in [1.29, 1.82) is 5.26 Å². The van der Waals surface area contributed by atoms with E-state index in [0.29, 0.717) is 12.4 Å². The van der Waals surface area contributed by atoms with Crippen molar-refractivity contribution in [2.75, 3.05) is 6.61 Å². The van der Waals surface area contributed by atoms with Crippen LogP contribution in [-0.4, -0.2) is 16.6 Å². The second kappa shape index (κ2) is 4.71. The van der Waals surface area contributed by atoms with E-state index in [1.807, 2.05) is 38.1 Å². The number of aromatic amines is 1. The molecule has 4 nitrogen and oxygen atoms in total. The molecule has 0 atom stereocenters. The van der Waals surface area contributed by atoms with Crippen LogP contribution in [0.3, 0.4) is 0 Å². The molecule has 0 amide bonds. The van der Waals surface area contributed by atoms with E-state index in [4.69, 9.17) is 10.00 Å². The monoisotopic (exact) mass is 227 g/mol. The topological polar surface area (TPSA) is 61.7 Å². The first-order chi connectivity index (χ1) is 8.24. The van der Waals surface area contributed by atoms with Gasteiger partial charge in [-0.25, -0.2) is 4.98 Å². The summed E-state index contributed by atoms with van der Waals surface area (Å²) in [6.45, 7) is 4.61. The first kappa shape index (κ1) is 11.2. The zero-order chi connectivity index (χ0) is 12.3. The average Bonchev–Trinajstić information content (AvgIpc) is 2.80. The summed E-state index contributed by atoms with van der Waals surface area (Å²) in [7, 11) is 0. The minimum atomic E-state index is 0.325. The maximum atomic E-state index is 8.70. The number of benzene rings is 1. The standard InChI is InChI=1S/C13H13N3O/c1-3-17-12-5-4-10(6-9(12)2)11-8-15-13(7-14)16-11/h4-6,8H,3H2,1-2H3,(H,15,16). The summed E-state index contributed by atoms with van der Waals surface area (Å²) in [5.74, 6) is 1.21. The van der Waals surface area contributed by atoms with Gasteiger partial charge in [0.2, 0.25) is 5.82 Å². The van der Waals surface area contributed by atoms with Gasteiger partial charge in [-0.2, -0.15) is 5.26 Å². The Kier molecular flexibility index (Phi) is 3.10. The molecule has 86 valence electrons. The summed E-state index contributed by atoms with van der Waals surface area (Å²) in [6, 6.07) is 7.87. The molecule has 1 aromatic carbocycles. The van der Waals surface area contributed by atoms with E-state index in [1.54, 1.807) is 6.20 Å². The van der Waals surface area contributed by atoms with Crippen molar-refractivity contribution in [2.24, 2.45) is 0 Å². The number of hydrogen-bond acceptors (Lipinski definition) is 3. The Labute approximate surface area is 99.9 Å². The zero-order valence-corrected chi connectivity index (χ0v) is 9.82. The van der Waals surface area contributed by atoms with Crippen LogP contribution in [0.2, 0.25) is 0 Å². The minimum Gasteiger partial charge on any atom is -0.494 e. The van der Waals surface area contributed by atoms with E-state index in [-0.39, 0.29) is 0 Å². The molecule has 0 unspecified atom stereocenters. The van der Waals surface area contributed by atoms with Gasteiger partial charge in [-0.15, -0.1) is 0 Å². The van der Waals surface area contributed by atoms with Crippen molar-refractivity contribution in [3.63, 3.8) is 0 Å². The third-order valence-corrected chi connectivity index (χ3v) is 2.47. The van der Waals surface area contributed by atoms with E-state index >= 15 is 0 Å². The summed E-state index contributed by atoms with van der Waals surface area (Å²) in [4.78, 5) is 6.90. The molecule has 2 aromatic rings. The van der Waals surface area contributed by atoms with Gasteiger partial charge in [-0.05, 0) is 37.6 Å². The van der Waals surface area contributed by atoms with Crippen LogP contribution in [0.25, 0.3) is 11.3 Å². The highest BCUT2D eigenvalue weighted by Crippen LogP contribution is 2.25. The molecule has 0 fully saturated rings. The van der Waals surface area contributed by atoms with Crippen LogP contribution in [0, 0.1) is 18.3 Å². The maximum absolute atomic E-state index is 8.70. The molecule has 0 aliphatic rings. The Morgan fingerprint density at radius 2 is 2.29 bits per heavy atom. The van der Waals surface area contributed by atoms with Crippen LogP contribution in [0.15, 0.2) is 24.4 Å². The number of ether oxygens (including phenoxy) is 1. The number of H-pyrrole nitrogens is 1. The fourth-order valence-electron chi connectivity index (χ4n) is 1.66. The number of aryl methyl sites for hydroxylation is 1. The Morgan fingerprint density at radius 1 is 1.47 bits per heavy atom. The van der Waals surface area contributed by atoms with Crippen LogP contribution in [0.1, 0.15) is 18.3 Å². The van der Waals surface area contributed by atoms with Gasteiger partial charge < -0.3 is 9.72 Å². The number of imidazole rings is 1. The van der Waals surface area contributed by atoms with Crippen molar-refractivity contribution in [3.8, 4) is 23.1 Å². The summed E-state index contributed by atoms with van der Waals surface area (Å²) < 4.78 is 5.48. The van der Waals surface area contributed by atoms with E-state index in [0.717, 1.165) is 22.6 Å². The Balaban J connectivity index is 2.34. The molecule has 0 bridgehead atoms. The van der Waals surface area contributed by atoms with Gasteiger partial charge in [-0.3, -0.25) is 0 Å². The first-order valence-electron chi connectivity index (χ1n) is 5.43. The molecule has 1 aromatic heterocycles. The highest BCUT2D eigenvalue weighted by atomic mass is 16.5. The molecular weight excluding hydrogens is 214 g/mol. The molecule has 0 aliphatic heterocycles. The van der Waals surface area contributed by atoms with E-state index in [2.05, 4.69) is 9.97 Å². The van der Waals surface area contributed by atoms with Crippen molar-refractivity contribution in [3.05, 3.63) is 35.8 Å². The number of aromatic nitrogens is 2. The number of nitrogens with one attached hydrogen (secondary N) is 1. The highest BCUT2D eigenvalue weighted by molar-refractivity contribution is 5.61. The summed E-state index contributed by atoms with van der Waals surface area (Å²) >= 11 is 0. The fraction of sp³-hybridized carbons (Fsp3) is 0.231.